The second-order valence-corrected chi connectivity index (χ2v) is 6.72. The number of aromatic nitrogens is 1. The summed E-state index contributed by atoms with van der Waals surface area (Å²) in [6.45, 7) is 4.02. The van der Waals surface area contributed by atoms with Crippen molar-refractivity contribution in [3.05, 3.63) is 70.5 Å². The Morgan fingerprint density at radius 1 is 1.12 bits per heavy atom. The van der Waals surface area contributed by atoms with Crippen molar-refractivity contribution in [2.75, 3.05) is 5.32 Å². The van der Waals surface area contributed by atoms with E-state index in [4.69, 9.17) is 0 Å². The molecule has 1 atom stereocenters. The zero-order valence-electron chi connectivity index (χ0n) is 13.8. The van der Waals surface area contributed by atoms with Crippen LogP contribution in [0.3, 0.4) is 0 Å². The second kappa shape index (κ2) is 7.41. The van der Waals surface area contributed by atoms with Gasteiger partial charge in [-0.05, 0) is 25.0 Å². The van der Waals surface area contributed by atoms with Gasteiger partial charge in [-0.15, -0.1) is 11.3 Å². The van der Waals surface area contributed by atoms with Crippen LogP contribution in [0.1, 0.15) is 29.8 Å². The maximum absolute atomic E-state index is 12.8. The van der Waals surface area contributed by atoms with Gasteiger partial charge in [0.2, 0.25) is 5.91 Å². The molecule has 0 spiro atoms. The van der Waals surface area contributed by atoms with Gasteiger partial charge in [0.15, 0.2) is 0 Å². The van der Waals surface area contributed by atoms with Crippen LogP contribution in [0, 0.1) is 6.92 Å². The normalized spacial score (nSPS) is 11.9. The van der Waals surface area contributed by atoms with Crippen LogP contribution >= 0.6 is 11.3 Å². The Balaban J connectivity index is 1.87. The highest BCUT2D eigenvalue weighted by molar-refractivity contribution is 7.09. The van der Waals surface area contributed by atoms with Crippen molar-refractivity contribution in [2.24, 2.45) is 0 Å². The molecule has 4 heteroatoms. The zero-order valence-corrected chi connectivity index (χ0v) is 14.6. The molecular weight excluding hydrogens is 316 g/mol. The van der Waals surface area contributed by atoms with E-state index >= 15 is 0 Å². The molecule has 0 aliphatic heterocycles. The minimum atomic E-state index is -0.156. The second-order valence-electron chi connectivity index (χ2n) is 5.66. The van der Waals surface area contributed by atoms with Crippen LogP contribution in [-0.4, -0.2) is 10.9 Å². The van der Waals surface area contributed by atoms with E-state index in [1.165, 1.54) is 0 Å². The lowest BCUT2D eigenvalue weighted by atomic mass is 9.95. The van der Waals surface area contributed by atoms with E-state index in [0.717, 1.165) is 33.9 Å². The van der Waals surface area contributed by atoms with E-state index in [1.54, 1.807) is 11.3 Å². The van der Waals surface area contributed by atoms with Crippen LogP contribution in [0.4, 0.5) is 5.69 Å². The van der Waals surface area contributed by atoms with Gasteiger partial charge >= 0.3 is 0 Å². The Kier molecular flexibility index (Phi) is 5.06. The third kappa shape index (κ3) is 3.54. The van der Waals surface area contributed by atoms with Gasteiger partial charge < -0.3 is 5.32 Å². The maximum Gasteiger partial charge on any atom is 0.231 e. The minimum Gasteiger partial charge on any atom is -0.325 e. The summed E-state index contributed by atoms with van der Waals surface area (Å²) in [6.07, 6.45) is 0.758. The SMILES string of the molecule is CCC(C(=O)Nc1ccccc1-c1csc(C)n1)c1ccccc1. The van der Waals surface area contributed by atoms with E-state index in [1.807, 2.05) is 73.8 Å². The van der Waals surface area contributed by atoms with Crippen molar-refractivity contribution in [2.45, 2.75) is 26.2 Å². The number of benzene rings is 2. The smallest absolute Gasteiger partial charge is 0.231 e. The molecule has 122 valence electrons. The Morgan fingerprint density at radius 2 is 1.83 bits per heavy atom. The molecule has 1 aromatic heterocycles. The number of thiazole rings is 1. The van der Waals surface area contributed by atoms with Gasteiger partial charge in [-0.25, -0.2) is 4.98 Å². The molecule has 24 heavy (non-hydrogen) atoms. The fourth-order valence-electron chi connectivity index (χ4n) is 2.78. The molecule has 0 bridgehead atoms. The number of amides is 1. The first kappa shape index (κ1) is 16.4. The van der Waals surface area contributed by atoms with Crippen LogP contribution in [0.15, 0.2) is 60.0 Å². The number of hydrogen-bond acceptors (Lipinski definition) is 3. The largest absolute Gasteiger partial charge is 0.325 e. The number of carbonyl (C=O) groups excluding carboxylic acids is 1. The average Bonchev–Trinajstić information content (AvgIpc) is 3.03. The highest BCUT2D eigenvalue weighted by atomic mass is 32.1. The molecule has 3 aromatic rings. The van der Waals surface area contributed by atoms with Crippen molar-refractivity contribution in [1.29, 1.82) is 0 Å². The van der Waals surface area contributed by atoms with Crippen molar-refractivity contribution < 1.29 is 4.79 Å². The van der Waals surface area contributed by atoms with Crippen molar-refractivity contribution in [1.82, 2.24) is 4.98 Å². The minimum absolute atomic E-state index is 0.0168. The lowest BCUT2D eigenvalue weighted by molar-refractivity contribution is -0.117. The number of nitrogens with zero attached hydrogens (tertiary/aromatic N) is 1. The first-order chi connectivity index (χ1) is 11.7. The molecule has 1 unspecified atom stereocenters. The van der Waals surface area contributed by atoms with E-state index in [2.05, 4.69) is 10.3 Å². The summed E-state index contributed by atoms with van der Waals surface area (Å²) in [6, 6.07) is 17.7. The summed E-state index contributed by atoms with van der Waals surface area (Å²) in [5, 5.41) is 6.13. The van der Waals surface area contributed by atoms with Crippen molar-refractivity contribution >= 4 is 22.9 Å². The number of anilines is 1. The molecule has 0 aliphatic carbocycles. The summed E-state index contributed by atoms with van der Waals surface area (Å²) in [5.41, 5.74) is 3.71. The van der Waals surface area contributed by atoms with Gasteiger partial charge in [0.05, 0.1) is 22.3 Å². The Labute approximate surface area is 146 Å². The molecule has 1 N–H and O–H groups in total. The van der Waals surface area contributed by atoms with E-state index < -0.39 is 0 Å². The summed E-state index contributed by atoms with van der Waals surface area (Å²) < 4.78 is 0. The predicted molar refractivity (Wildman–Crippen MR) is 100 cm³/mol. The zero-order chi connectivity index (χ0) is 16.9. The molecule has 3 nitrogen and oxygen atoms in total. The highest BCUT2D eigenvalue weighted by Crippen LogP contribution is 2.30. The van der Waals surface area contributed by atoms with Gasteiger partial charge in [-0.2, -0.15) is 0 Å². The number of aryl methyl sites for hydroxylation is 1. The molecule has 0 aliphatic rings. The number of rotatable bonds is 5. The van der Waals surface area contributed by atoms with Gasteiger partial charge in [-0.3, -0.25) is 4.79 Å². The third-order valence-corrected chi connectivity index (χ3v) is 4.78. The summed E-state index contributed by atoms with van der Waals surface area (Å²) in [4.78, 5) is 17.3. The average molecular weight is 336 g/mol. The molecule has 1 amide bonds. The maximum atomic E-state index is 12.8. The molecule has 1 heterocycles. The van der Waals surface area contributed by atoms with Crippen LogP contribution in [0.2, 0.25) is 0 Å². The summed E-state index contributed by atoms with van der Waals surface area (Å²) in [7, 11) is 0. The monoisotopic (exact) mass is 336 g/mol. The van der Waals surface area contributed by atoms with Gasteiger partial charge in [-0.1, -0.05) is 55.5 Å². The first-order valence-corrected chi connectivity index (χ1v) is 8.94. The fourth-order valence-corrected chi connectivity index (χ4v) is 3.39. The van der Waals surface area contributed by atoms with Crippen LogP contribution in [-0.2, 0) is 4.79 Å². The van der Waals surface area contributed by atoms with Gasteiger partial charge in [0.1, 0.15) is 0 Å². The molecule has 0 saturated heterocycles. The Morgan fingerprint density at radius 3 is 2.50 bits per heavy atom. The van der Waals surface area contributed by atoms with Gasteiger partial charge in [0, 0.05) is 10.9 Å². The topological polar surface area (TPSA) is 42.0 Å². The van der Waals surface area contributed by atoms with Crippen molar-refractivity contribution in [3.8, 4) is 11.3 Å². The van der Waals surface area contributed by atoms with E-state index in [0.29, 0.717) is 0 Å². The number of para-hydroxylation sites is 1. The third-order valence-electron chi connectivity index (χ3n) is 4.01. The lowest BCUT2D eigenvalue weighted by Gasteiger charge is -2.17. The standard InChI is InChI=1S/C20H20N2OS/c1-3-16(15-9-5-4-6-10-15)20(23)22-18-12-8-7-11-17(18)19-13-24-14(2)21-19/h4-13,16H,3H2,1-2H3,(H,22,23). The van der Waals surface area contributed by atoms with E-state index in [-0.39, 0.29) is 11.8 Å². The van der Waals surface area contributed by atoms with E-state index in [9.17, 15) is 4.79 Å². The van der Waals surface area contributed by atoms with Crippen LogP contribution < -0.4 is 5.32 Å². The molecule has 2 aromatic carbocycles. The number of nitrogens with one attached hydrogen (secondary N) is 1. The summed E-state index contributed by atoms with van der Waals surface area (Å²) >= 11 is 1.61. The molecule has 0 fully saturated rings. The number of carbonyl (C=O) groups is 1. The Hall–Kier alpha value is -2.46. The van der Waals surface area contributed by atoms with Crippen LogP contribution in [0.25, 0.3) is 11.3 Å². The lowest BCUT2D eigenvalue weighted by Crippen LogP contribution is -2.21. The van der Waals surface area contributed by atoms with Gasteiger partial charge in [0.25, 0.3) is 0 Å². The number of hydrogen-bond donors (Lipinski definition) is 1. The molecule has 0 saturated carbocycles. The molecule has 3 rings (SSSR count). The fraction of sp³-hybridized carbons (Fsp3) is 0.200. The van der Waals surface area contributed by atoms with Crippen molar-refractivity contribution in [3.63, 3.8) is 0 Å². The summed E-state index contributed by atoms with van der Waals surface area (Å²) in [5.74, 6) is -0.139. The highest BCUT2D eigenvalue weighted by Gasteiger charge is 2.20. The molecular formula is C20H20N2OS. The quantitative estimate of drug-likeness (QED) is 0.691. The first-order valence-electron chi connectivity index (χ1n) is 8.06. The Bertz CT molecular complexity index is 826. The van der Waals surface area contributed by atoms with Crippen LogP contribution in [0.5, 0.6) is 0 Å². The molecule has 0 radical (unpaired) electrons. The predicted octanol–water partition coefficient (Wildman–Crippen LogP) is 5.25.